The maximum absolute atomic E-state index is 6.44. The number of aromatic nitrogens is 3. The molecule has 12 aromatic rings. The first kappa shape index (κ1) is 32.6. The molecule has 12 rings (SSSR count). The van der Waals surface area contributed by atoms with E-state index < -0.39 is 0 Å². The molecular formula is C51H30N4O2S. The van der Waals surface area contributed by atoms with Gasteiger partial charge in [0.2, 0.25) is 5.95 Å². The van der Waals surface area contributed by atoms with Gasteiger partial charge in [-0.05, 0) is 77.9 Å². The number of hydrogen-bond acceptors (Lipinski definition) is 7. The topological polar surface area (TPSA) is 68.2 Å². The maximum atomic E-state index is 6.44. The van der Waals surface area contributed by atoms with Crippen molar-refractivity contribution in [3.05, 3.63) is 182 Å². The zero-order chi connectivity index (χ0) is 38.2. The monoisotopic (exact) mass is 762 g/mol. The van der Waals surface area contributed by atoms with E-state index in [-0.39, 0.29) is 0 Å². The van der Waals surface area contributed by atoms with E-state index in [0.717, 1.165) is 77.5 Å². The summed E-state index contributed by atoms with van der Waals surface area (Å²) < 4.78 is 15.1. The average Bonchev–Trinajstić information content (AvgIpc) is 3.98. The highest BCUT2D eigenvalue weighted by Crippen LogP contribution is 2.44. The zero-order valence-corrected chi connectivity index (χ0v) is 31.7. The van der Waals surface area contributed by atoms with Crippen LogP contribution in [0.2, 0.25) is 0 Å². The molecule has 0 unspecified atom stereocenters. The van der Waals surface area contributed by atoms with Crippen molar-refractivity contribution in [2.45, 2.75) is 0 Å². The molecule has 272 valence electrons. The van der Waals surface area contributed by atoms with Crippen molar-refractivity contribution in [1.82, 2.24) is 15.0 Å². The third-order valence-electron chi connectivity index (χ3n) is 10.9. The number of thiophene rings is 1. The lowest BCUT2D eigenvalue weighted by atomic mass is 10.0. The summed E-state index contributed by atoms with van der Waals surface area (Å²) in [5.41, 5.74) is 9.01. The van der Waals surface area contributed by atoms with Crippen molar-refractivity contribution in [2.75, 3.05) is 4.90 Å². The Morgan fingerprint density at radius 1 is 0.379 bits per heavy atom. The van der Waals surface area contributed by atoms with Crippen LogP contribution in [0.4, 0.5) is 17.3 Å². The molecule has 0 amide bonds. The molecule has 0 saturated carbocycles. The van der Waals surface area contributed by atoms with E-state index in [0.29, 0.717) is 17.6 Å². The second-order valence-electron chi connectivity index (χ2n) is 14.4. The molecule has 0 N–H and O–H groups in total. The molecule has 7 heteroatoms. The van der Waals surface area contributed by atoms with Crippen molar-refractivity contribution in [3.63, 3.8) is 0 Å². The van der Waals surface area contributed by atoms with Crippen LogP contribution in [-0.2, 0) is 0 Å². The Morgan fingerprint density at radius 2 is 1.00 bits per heavy atom. The quantitative estimate of drug-likeness (QED) is 0.168. The molecule has 0 aliphatic carbocycles. The van der Waals surface area contributed by atoms with Crippen LogP contribution in [0.5, 0.6) is 0 Å². The predicted octanol–water partition coefficient (Wildman–Crippen LogP) is 14.5. The van der Waals surface area contributed by atoms with Gasteiger partial charge in [0.05, 0.1) is 11.1 Å². The summed E-state index contributed by atoms with van der Waals surface area (Å²) in [5, 5.41) is 6.50. The normalized spacial score (nSPS) is 11.8. The van der Waals surface area contributed by atoms with Crippen LogP contribution in [0.15, 0.2) is 191 Å². The predicted molar refractivity (Wildman–Crippen MR) is 238 cm³/mol. The van der Waals surface area contributed by atoms with Gasteiger partial charge in [0.15, 0.2) is 11.6 Å². The highest BCUT2D eigenvalue weighted by molar-refractivity contribution is 7.25. The minimum Gasteiger partial charge on any atom is -0.456 e. The van der Waals surface area contributed by atoms with Crippen LogP contribution in [0, 0.1) is 0 Å². The maximum Gasteiger partial charge on any atom is 0.238 e. The third-order valence-corrected chi connectivity index (χ3v) is 12.1. The van der Waals surface area contributed by atoms with E-state index in [4.69, 9.17) is 23.8 Å². The number of furan rings is 2. The Morgan fingerprint density at radius 3 is 1.86 bits per heavy atom. The van der Waals surface area contributed by atoms with Gasteiger partial charge in [0.25, 0.3) is 0 Å². The van der Waals surface area contributed by atoms with Crippen LogP contribution in [-0.4, -0.2) is 15.0 Å². The van der Waals surface area contributed by atoms with Gasteiger partial charge in [-0.2, -0.15) is 9.97 Å². The van der Waals surface area contributed by atoms with E-state index in [9.17, 15) is 0 Å². The lowest BCUT2D eigenvalue weighted by molar-refractivity contribution is 0.668. The molecule has 6 nitrogen and oxygen atoms in total. The number of anilines is 3. The number of fused-ring (bicyclic) bond motifs is 9. The van der Waals surface area contributed by atoms with Crippen molar-refractivity contribution in [3.8, 4) is 33.9 Å². The molecule has 0 fully saturated rings. The molecular weight excluding hydrogens is 733 g/mol. The Hall–Kier alpha value is -7.61. The van der Waals surface area contributed by atoms with E-state index in [2.05, 4.69) is 120 Å². The van der Waals surface area contributed by atoms with E-state index in [1.807, 2.05) is 66.7 Å². The van der Waals surface area contributed by atoms with Crippen LogP contribution < -0.4 is 4.90 Å². The Balaban J connectivity index is 1.14. The highest BCUT2D eigenvalue weighted by Gasteiger charge is 2.24. The Labute approximate surface area is 335 Å². The Kier molecular flexibility index (Phi) is 7.30. The fraction of sp³-hybridized carbons (Fsp3) is 0. The number of hydrogen-bond donors (Lipinski definition) is 0. The lowest BCUT2D eigenvalue weighted by Crippen LogP contribution is -2.15. The van der Waals surface area contributed by atoms with Gasteiger partial charge in [-0.15, -0.1) is 11.3 Å². The summed E-state index contributed by atoms with van der Waals surface area (Å²) in [6.45, 7) is 0. The van der Waals surface area contributed by atoms with E-state index in [1.165, 1.54) is 20.2 Å². The van der Waals surface area contributed by atoms with Gasteiger partial charge in [-0.3, -0.25) is 4.90 Å². The van der Waals surface area contributed by atoms with E-state index in [1.54, 1.807) is 11.3 Å². The van der Waals surface area contributed by atoms with Gasteiger partial charge in [0, 0.05) is 53.1 Å². The summed E-state index contributed by atoms with van der Waals surface area (Å²) in [6.07, 6.45) is 0. The summed E-state index contributed by atoms with van der Waals surface area (Å²) >= 11 is 1.78. The first-order chi connectivity index (χ1) is 28.7. The van der Waals surface area contributed by atoms with Gasteiger partial charge < -0.3 is 8.83 Å². The molecule has 0 radical (unpaired) electrons. The van der Waals surface area contributed by atoms with Crippen molar-refractivity contribution in [1.29, 1.82) is 0 Å². The summed E-state index contributed by atoms with van der Waals surface area (Å²) in [7, 11) is 0. The number of nitrogens with zero attached hydrogens (tertiary/aromatic N) is 4. The minimum absolute atomic E-state index is 0.483. The summed E-state index contributed by atoms with van der Waals surface area (Å²) in [5.74, 6) is 1.61. The van der Waals surface area contributed by atoms with Crippen LogP contribution in [0.3, 0.4) is 0 Å². The molecule has 0 bridgehead atoms. The highest BCUT2D eigenvalue weighted by atomic mass is 32.1. The van der Waals surface area contributed by atoms with Crippen molar-refractivity contribution in [2.24, 2.45) is 0 Å². The van der Waals surface area contributed by atoms with Gasteiger partial charge >= 0.3 is 0 Å². The van der Waals surface area contributed by atoms with Crippen LogP contribution in [0.1, 0.15) is 0 Å². The molecule has 0 atom stereocenters. The molecule has 8 aromatic carbocycles. The lowest BCUT2D eigenvalue weighted by Gasteiger charge is -2.25. The largest absolute Gasteiger partial charge is 0.456 e. The zero-order valence-electron chi connectivity index (χ0n) is 30.8. The number of para-hydroxylation sites is 2. The summed E-state index contributed by atoms with van der Waals surface area (Å²) in [6, 6.07) is 62.7. The molecule has 58 heavy (non-hydrogen) atoms. The van der Waals surface area contributed by atoms with Crippen LogP contribution >= 0.6 is 11.3 Å². The van der Waals surface area contributed by atoms with Gasteiger partial charge in [-0.1, -0.05) is 115 Å². The van der Waals surface area contributed by atoms with E-state index >= 15 is 0 Å². The van der Waals surface area contributed by atoms with Crippen molar-refractivity contribution >= 4 is 92.7 Å². The third kappa shape index (κ3) is 5.29. The van der Waals surface area contributed by atoms with Crippen molar-refractivity contribution < 1.29 is 8.83 Å². The number of benzene rings is 8. The molecule has 4 heterocycles. The standard InChI is InChI=1S/C51H30N4O2S/c1-2-12-31(13-3-1)32-14-10-15-35(28-32)55(41-19-11-22-45-48(41)39-18-5-8-21-43(39)57-45)51-53-49(33-25-27-44-40(29-33)36-16-4-7-20-42(36)56-44)52-50(54-51)34-24-26-38-37-17-6-9-23-46(37)58-47(38)30-34/h1-30H. The minimum atomic E-state index is 0.483. The second kappa shape index (κ2) is 13.0. The molecule has 4 aromatic heterocycles. The molecule has 0 saturated heterocycles. The molecule has 0 spiro atoms. The van der Waals surface area contributed by atoms with Crippen LogP contribution in [0.25, 0.3) is 98.0 Å². The Bertz CT molecular complexity index is 3550. The SMILES string of the molecule is c1ccc(-c2cccc(N(c3nc(-c4ccc5c(c4)sc4ccccc45)nc(-c4ccc5oc6ccccc6c5c4)n3)c3cccc4oc5ccccc5c34)c2)cc1. The average molecular weight is 763 g/mol. The van der Waals surface area contributed by atoms with Gasteiger partial charge in [0.1, 0.15) is 22.3 Å². The number of rotatable bonds is 6. The fourth-order valence-corrected chi connectivity index (χ4v) is 9.36. The fourth-order valence-electron chi connectivity index (χ4n) is 8.21. The molecule has 0 aliphatic rings. The molecule has 0 aliphatic heterocycles. The first-order valence-corrected chi connectivity index (χ1v) is 20.0. The first-order valence-electron chi connectivity index (χ1n) is 19.2. The van der Waals surface area contributed by atoms with Gasteiger partial charge in [-0.25, -0.2) is 4.98 Å². The summed E-state index contributed by atoms with van der Waals surface area (Å²) in [4.78, 5) is 18.1. The smallest absolute Gasteiger partial charge is 0.238 e. The second-order valence-corrected chi connectivity index (χ2v) is 15.5.